The lowest BCUT2D eigenvalue weighted by atomic mass is 10.3. The van der Waals surface area contributed by atoms with Crippen LogP contribution in [-0.4, -0.2) is 41.9 Å². The van der Waals surface area contributed by atoms with Crippen LogP contribution in [0.5, 0.6) is 0 Å². The minimum Gasteiger partial charge on any atom is -0.480 e. The number of carboxylic acids is 1. The molecule has 2 N–H and O–H groups in total. The van der Waals surface area contributed by atoms with Crippen molar-refractivity contribution in [2.45, 2.75) is 6.04 Å². The molecule has 1 unspecified atom stereocenters. The number of hydrogen-bond donors (Lipinski definition) is 2. The lowest BCUT2D eigenvalue weighted by Gasteiger charge is -2.11. The Morgan fingerprint density at radius 2 is 2.47 bits per heavy atom. The number of nitrogens with zero attached hydrogens (tertiary/aromatic N) is 1. The van der Waals surface area contributed by atoms with Crippen LogP contribution in [0.4, 0.5) is 0 Å². The molecule has 0 fully saturated rings. The Balaban J connectivity index is 2.59. The zero-order chi connectivity index (χ0) is 11.3. The number of carbonyl (C=O) groups excluding carboxylic acids is 1. The maximum atomic E-state index is 11.3. The van der Waals surface area contributed by atoms with Crippen LogP contribution in [0, 0.1) is 0 Å². The van der Waals surface area contributed by atoms with Gasteiger partial charge >= 0.3 is 5.97 Å². The molecule has 0 saturated heterocycles. The first-order valence-corrected chi connectivity index (χ1v) is 4.08. The zero-order valence-corrected chi connectivity index (χ0v) is 7.97. The molecule has 1 aromatic heterocycles. The van der Waals surface area contributed by atoms with E-state index in [4.69, 9.17) is 5.11 Å². The fraction of sp³-hybridized carbons (Fsp3) is 0.375. The number of hydrogen-bond acceptors (Lipinski definition) is 5. The molecule has 15 heavy (non-hydrogen) atoms. The second kappa shape index (κ2) is 5.11. The predicted octanol–water partition coefficient (Wildman–Crippen LogP) is -0.496. The molecule has 1 heterocycles. The van der Waals surface area contributed by atoms with Gasteiger partial charge in [-0.2, -0.15) is 0 Å². The average Bonchev–Trinajstić information content (AvgIpc) is 2.69. The number of methoxy groups -OCH3 is 1. The summed E-state index contributed by atoms with van der Waals surface area (Å²) in [6.07, 6.45) is 1.22. The molecule has 82 valence electrons. The molecule has 7 nitrogen and oxygen atoms in total. The zero-order valence-electron chi connectivity index (χ0n) is 7.97. The summed E-state index contributed by atoms with van der Waals surface area (Å²) in [7, 11) is 1.35. The summed E-state index contributed by atoms with van der Waals surface area (Å²) in [5.41, 5.74) is 0.0253. The van der Waals surface area contributed by atoms with E-state index in [1.165, 1.54) is 19.4 Å². The van der Waals surface area contributed by atoms with Crippen molar-refractivity contribution in [2.75, 3.05) is 13.7 Å². The number of ether oxygens (including phenoxy) is 1. The van der Waals surface area contributed by atoms with Crippen LogP contribution in [0.15, 0.2) is 16.9 Å². The molecule has 1 atom stereocenters. The molecule has 7 heteroatoms. The van der Waals surface area contributed by atoms with Crippen molar-refractivity contribution in [3.05, 3.63) is 18.0 Å². The average molecular weight is 214 g/mol. The van der Waals surface area contributed by atoms with Crippen LogP contribution in [0.1, 0.15) is 10.5 Å². The number of amides is 1. The van der Waals surface area contributed by atoms with Crippen molar-refractivity contribution >= 4 is 11.9 Å². The van der Waals surface area contributed by atoms with Crippen molar-refractivity contribution < 1.29 is 24.0 Å². The monoisotopic (exact) mass is 214 g/mol. The van der Waals surface area contributed by atoms with Gasteiger partial charge < -0.3 is 19.7 Å². The van der Waals surface area contributed by atoms with E-state index >= 15 is 0 Å². The van der Waals surface area contributed by atoms with Gasteiger partial charge in [0.1, 0.15) is 6.26 Å². The minimum atomic E-state index is -1.17. The van der Waals surface area contributed by atoms with Crippen LogP contribution >= 0.6 is 0 Å². The maximum absolute atomic E-state index is 11.3. The third-order valence-electron chi connectivity index (χ3n) is 1.61. The number of aliphatic carboxylic acids is 1. The molecule has 0 aliphatic heterocycles. The summed E-state index contributed by atoms with van der Waals surface area (Å²) >= 11 is 0. The van der Waals surface area contributed by atoms with Crippen molar-refractivity contribution in [1.82, 2.24) is 10.5 Å². The van der Waals surface area contributed by atoms with Gasteiger partial charge in [-0.15, -0.1) is 0 Å². The SMILES string of the molecule is COCC(NC(=O)c1ccon1)C(=O)O. The molecule has 0 aliphatic rings. The van der Waals surface area contributed by atoms with Crippen molar-refractivity contribution in [2.24, 2.45) is 0 Å². The van der Waals surface area contributed by atoms with Crippen LogP contribution in [-0.2, 0) is 9.53 Å². The summed E-state index contributed by atoms with van der Waals surface area (Å²) in [6.45, 7) is -0.112. The molecule has 0 aromatic carbocycles. The van der Waals surface area contributed by atoms with Gasteiger partial charge in [0.25, 0.3) is 5.91 Å². The quantitative estimate of drug-likeness (QED) is 0.685. The molecule has 0 radical (unpaired) electrons. The molecule has 0 spiro atoms. The summed E-state index contributed by atoms with van der Waals surface area (Å²) in [5, 5.41) is 14.3. The normalized spacial score (nSPS) is 12.1. The molecule has 1 aromatic rings. The molecule has 1 rings (SSSR count). The number of carboxylic acid groups (broad SMARTS) is 1. The molecule has 0 bridgehead atoms. The van der Waals surface area contributed by atoms with Gasteiger partial charge in [0.05, 0.1) is 6.61 Å². The molecular formula is C8H10N2O5. The third-order valence-corrected chi connectivity index (χ3v) is 1.61. The molecule has 0 saturated carbocycles. The fourth-order valence-electron chi connectivity index (χ4n) is 0.903. The number of nitrogens with one attached hydrogen (secondary N) is 1. The van der Waals surface area contributed by atoms with Gasteiger partial charge in [-0.3, -0.25) is 4.79 Å². The van der Waals surface area contributed by atoms with E-state index in [0.717, 1.165) is 0 Å². The van der Waals surface area contributed by atoms with E-state index in [1.807, 2.05) is 0 Å². The van der Waals surface area contributed by atoms with Gasteiger partial charge in [0.15, 0.2) is 11.7 Å². The first kappa shape index (κ1) is 11.2. The highest BCUT2D eigenvalue weighted by Crippen LogP contribution is 1.95. The van der Waals surface area contributed by atoms with Crippen LogP contribution in [0.25, 0.3) is 0 Å². The van der Waals surface area contributed by atoms with Gasteiger partial charge in [-0.05, 0) is 0 Å². The Labute approximate surface area is 85.0 Å². The Bertz CT molecular complexity index is 335. The van der Waals surface area contributed by atoms with Gasteiger partial charge in [-0.1, -0.05) is 5.16 Å². The van der Waals surface area contributed by atoms with E-state index in [9.17, 15) is 9.59 Å². The maximum Gasteiger partial charge on any atom is 0.328 e. The van der Waals surface area contributed by atoms with E-state index in [0.29, 0.717) is 0 Å². The molecular weight excluding hydrogens is 204 g/mol. The van der Waals surface area contributed by atoms with E-state index < -0.39 is 17.9 Å². The highest BCUT2D eigenvalue weighted by atomic mass is 16.5. The molecule has 1 amide bonds. The highest BCUT2D eigenvalue weighted by molar-refractivity contribution is 5.94. The smallest absolute Gasteiger partial charge is 0.328 e. The van der Waals surface area contributed by atoms with Crippen LogP contribution in [0.2, 0.25) is 0 Å². The number of rotatable bonds is 5. The Morgan fingerprint density at radius 1 is 1.73 bits per heavy atom. The largest absolute Gasteiger partial charge is 0.480 e. The van der Waals surface area contributed by atoms with Crippen LogP contribution < -0.4 is 5.32 Å². The van der Waals surface area contributed by atoms with E-state index in [1.54, 1.807) is 0 Å². The fourth-order valence-corrected chi connectivity index (χ4v) is 0.903. The van der Waals surface area contributed by atoms with Gasteiger partial charge in [0.2, 0.25) is 0 Å². The van der Waals surface area contributed by atoms with Crippen molar-refractivity contribution in [3.63, 3.8) is 0 Å². The summed E-state index contributed by atoms with van der Waals surface area (Å²) < 4.78 is 9.09. The topological polar surface area (TPSA) is 102 Å². The summed E-state index contributed by atoms with van der Waals surface area (Å²) in [5.74, 6) is -1.79. The van der Waals surface area contributed by atoms with Gasteiger partial charge in [0, 0.05) is 13.2 Å². The lowest BCUT2D eigenvalue weighted by molar-refractivity contribution is -0.140. The Morgan fingerprint density at radius 3 is 2.93 bits per heavy atom. The second-order valence-corrected chi connectivity index (χ2v) is 2.70. The first-order chi connectivity index (χ1) is 7.15. The van der Waals surface area contributed by atoms with Crippen LogP contribution in [0.3, 0.4) is 0 Å². The summed E-state index contributed by atoms with van der Waals surface area (Å²) in [6, 6.07) is 0.236. The standard InChI is InChI=1S/C8H10N2O5/c1-14-4-6(8(12)13)9-7(11)5-2-3-15-10-5/h2-3,6H,4H2,1H3,(H,9,11)(H,12,13). The second-order valence-electron chi connectivity index (χ2n) is 2.70. The van der Waals surface area contributed by atoms with E-state index in [2.05, 4.69) is 19.7 Å². The predicted molar refractivity (Wildman–Crippen MR) is 47.3 cm³/mol. The lowest BCUT2D eigenvalue weighted by Crippen LogP contribution is -2.43. The van der Waals surface area contributed by atoms with Crippen molar-refractivity contribution in [3.8, 4) is 0 Å². The van der Waals surface area contributed by atoms with Crippen molar-refractivity contribution in [1.29, 1.82) is 0 Å². The molecule has 0 aliphatic carbocycles. The number of aromatic nitrogens is 1. The van der Waals surface area contributed by atoms with Gasteiger partial charge in [-0.25, -0.2) is 4.79 Å². The first-order valence-electron chi connectivity index (χ1n) is 4.08. The Kier molecular flexibility index (Phi) is 3.81. The highest BCUT2D eigenvalue weighted by Gasteiger charge is 2.21. The Hall–Kier alpha value is -1.89. The number of carbonyl (C=O) groups is 2. The van der Waals surface area contributed by atoms with E-state index in [-0.39, 0.29) is 12.3 Å². The summed E-state index contributed by atoms with van der Waals surface area (Å²) in [4.78, 5) is 22.0. The third kappa shape index (κ3) is 3.06. The minimum absolute atomic E-state index is 0.0253.